The summed E-state index contributed by atoms with van der Waals surface area (Å²) in [5.74, 6) is 1.20. The van der Waals surface area contributed by atoms with E-state index in [4.69, 9.17) is 14.2 Å². The molecule has 1 saturated heterocycles. The van der Waals surface area contributed by atoms with E-state index < -0.39 is 5.60 Å². The van der Waals surface area contributed by atoms with E-state index in [1.165, 1.54) is 5.56 Å². The Labute approximate surface area is 182 Å². The summed E-state index contributed by atoms with van der Waals surface area (Å²) < 4.78 is 18.8. The summed E-state index contributed by atoms with van der Waals surface area (Å²) in [6, 6.07) is 5.77. The lowest BCUT2D eigenvalue weighted by molar-refractivity contribution is -0.0936. The zero-order valence-corrected chi connectivity index (χ0v) is 18.9. The number of fused-ring (bicyclic) bond motifs is 2. The second-order valence-corrected chi connectivity index (χ2v) is 8.44. The number of carbonyl (C=O) groups is 1. The van der Waals surface area contributed by atoms with Gasteiger partial charge in [-0.15, -0.1) is 0 Å². The van der Waals surface area contributed by atoms with Gasteiger partial charge in [-0.1, -0.05) is 0 Å². The van der Waals surface area contributed by atoms with Crippen LogP contribution >= 0.6 is 0 Å². The van der Waals surface area contributed by atoms with Crippen molar-refractivity contribution < 1.29 is 19.0 Å². The number of methoxy groups -OCH3 is 2. The van der Waals surface area contributed by atoms with E-state index in [0.29, 0.717) is 38.3 Å². The van der Waals surface area contributed by atoms with Gasteiger partial charge in [0.25, 0.3) is 11.5 Å². The van der Waals surface area contributed by atoms with Gasteiger partial charge < -0.3 is 23.7 Å². The molecule has 31 heavy (non-hydrogen) atoms. The molecule has 1 aromatic carbocycles. The van der Waals surface area contributed by atoms with E-state index in [9.17, 15) is 9.59 Å². The van der Waals surface area contributed by atoms with Crippen LogP contribution in [0.15, 0.2) is 23.0 Å². The van der Waals surface area contributed by atoms with Crippen LogP contribution in [0.25, 0.3) is 0 Å². The van der Waals surface area contributed by atoms with Crippen molar-refractivity contribution in [2.24, 2.45) is 7.05 Å². The van der Waals surface area contributed by atoms with Crippen molar-refractivity contribution in [3.63, 3.8) is 0 Å². The van der Waals surface area contributed by atoms with Crippen LogP contribution in [0, 0.1) is 13.8 Å². The van der Waals surface area contributed by atoms with Gasteiger partial charge in [-0.2, -0.15) is 0 Å². The van der Waals surface area contributed by atoms with Gasteiger partial charge in [-0.3, -0.25) is 9.59 Å². The van der Waals surface area contributed by atoms with Gasteiger partial charge in [-0.05, 0) is 68.0 Å². The van der Waals surface area contributed by atoms with Crippen LogP contribution in [0.5, 0.6) is 11.5 Å². The van der Waals surface area contributed by atoms with Crippen molar-refractivity contribution >= 4 is 5.91 Å². The van der Waals surface area contributed by atoms with Crippen LogP contribution in [0.4, 0.5) is 0 Å². The number of hydrogen-bond acceptors (Lipinski definition) is 5. The number of carbonyl (C=O) groups excluding carboxylic acids is 1. The number of likely N-dealkylation sites (tertiary alicyclic amines) is 1. The highest BCUT2D eigenvalue weighted by molar-refractivity contribution is 5.94. The third-order valence-electron chi connectivity index (χ3n) is 6.91. The average molecular weight is 427 g/mol. The Morgan fingerprint density at radius 3 is 2.35 bits per heavy atom. The lowest BCUT2D eigenvalue weighted by Gasteiger charge is -2.45. The standard InChI is InChI=1S/C24H30N2O5/c1-15-12-18(22(27)25(3)16(15)2)23(28)26-9-7-24(8-10-26)19-14-21(30-5)20(29-4)13-17(19)6-11-31-24/h12-14H,6-11H2,1-5H3. The number of ether oxygens (including phenoxy) is 3. The van der Waals surface area contributed by atoms with Gasteiger partial charge in [0, 0.05) is 25.8 Å². The monoisotopic (exact) mass is 426 g/mol. The van der Waals surface area contributed by atoms with Crippen LogP contribution in [-0.4, -0.2) is 49.3 Å². The summed E-state index contributed by atoms with van der Waals surface area (Å²) in [5, 5.41) is 0. The molecule has 1 amide bonds. The maximum Gasteiger partial charge on any atom is 0.263 e. The highest BCUT2D eigenvalue weighted by atomic mass is 16.5. The normalized spacial score (nSPS) is 17.4. The van der Waals surface area contributed by atoms with Crippen LogP contribution < -0.4 is 15.0 Å². The largest absolute Gasteiger partial charge is 0.493 e. The number of aromatic nitrogens is 1. The van der Waals surface area contributed by atoms with E-state index in [2.05, 4.69) is 0 Å². The van der Waals surface area contributed by atoms with Crippen molar-refractivity contribution in [3.8, 4) is 11.5 Å². The maximum absolute atomic E-state index is 13.2. The molecule has 7 heteroatoms. The topological polar surface area (TPSA) is 70.0 Å². The van der Waals surface area contributed by atoms with E-state index in [0.717, 1.165) is 29.0 Å². The smallest absolute Gasteiger partial charge is 0.263 e. The van der Waals surface area contributed by atoms with Crippen LogP contribution in [-0.2, 0) is 23.8 Å². The summed E-state index contributed by atoms with van der Waals surface area (Å²) in [4.78, 5) is 27.6. The molecule has 4 rings (SSSR count). The van der Waals surface area contributed by atoms with Gasteiger partial charge in [0.1, 0.15) is 5.56 Å². The fraction of sp³-hybridized carbons (Fsp3) is 0.500. The van der Waals surface area contributed by atoms with Gasteiger partial charge >= 0.3 is 0 Å². The quantitative estimate of drug-likeness (QED) is 0.755. The van der Waals surface area contributed by atoms with Crippen molar-refractivity contribution in [1.82, 2.24) is 9.47 Å². The number of amides is 1. The minimum absolute atomic E-state index is 0.207. The van der Waals surface area contributed by atoms with E-state index >= 15 is 0 Å². The lowest BCUT2D eigenvalue weighted by atomic mass is 9.79. The number of piperidine rings is 1. The molecule has 1 aromatic heterocycles. The van der Waals surface area contributed by atoms with Gasteiger partial charge in [0.2, 0.25) is 0 Å². The molecule has 166 valence electrons. The first kappa shape index (κ1) is 21.4. The summed E-state index contributed by atoms with van der Waals surface area (Å²) in [6.07, 6.45) is 2.16. The number of hydrogen-bond donors (Lipinski definition) is 0. The SMILES string of the molecule is COc1cc2c(cc1OC)C1(CCN(C(=O)c3cc(C)c(C)n(C)c3=O)CC1)OCC2. The van der Waals surface area contributed by atoms with Crippen molar-refractivity contribution in [1.29, 1.82) is 0 Å². The molecule has 0 unspecified atom stereocenters. The number of aryl methyl sites for hydroxylation is 1. The minimum atomic E-state index is -0.446. The van der Waals surface area contributed by atoms with E-state index in [-0.39, 0.29) is 17.0 Å². The molecule has 1 fully saturated rings. The molecule has 3 heterocycles. The Hall–Kier alpha value is -2.80. The number of pyridine rings is 1. The summed E-state index contributed by atoms with van der Waals surface area (Å²) in [5.41, 5.74) is 3.66. The Balaban J connectivity index is 1.60. The molecule has 7 nitrogen and oxygen atoms in total. The summed E-state index contributed by atoms with van der Waals surface area (Å²) >= 11 is 0. The molecule has 0 saturated carbocycles. The molecule has 0 N–H and O–H groups in total. The third kappa shape index (κ3) is 3.51. The second-order valence-electron chi connectivity index (χ2n) is 8.44. The van der Waals surface area contributed by atoms with E-state index in [1.54, 1.807) is 36.8 Å². The highest BCUT2D eigenvalue weighted by Gasteiger charge is 2.42. The number of nitrogens with zero attached hydrogens (tertiary/aromatic N) is 2. The fourth-order valence-electron chi connectivity index (χ4n) is 4.77. The molecular weight excluding hydrogens is 396 g/mol. The Kier molecular flexibility index (Phi) is 5.56. The van der Waals surface area contributed by atoms with Crippen LogP contribution in [0.2, 0.25) is 0 Å². The lowest BCUT2D eigenvalue weighted by Crippen LogP contribution is -2.49. The van der Waals surface area contributed by atoms with Gasteiger partial charge in [-0.25, -0.2) is 0 Å². The molecule has 2 aliphatic rings. The Morgan fingerprint density at radius 2 is 1.71 bits per heavy atom. The van der Waals surface area contributed by atoms with Crippen LogP contribution in [0.1, 0.15) is 45.6 Å². The molecule has 0 aliphatic carbocycles. The number of benzene rings is 1. The molecular formula is C24H30N2O5. The predicted octanol–water partition coefficient (Wildman–Crippen LogP) is 2.72. The molecule has 2 aliphatic heterocycles. The zero-order valence-electron chi connectivity index (χ0n) is 18.9. The fourth-order valence-corrected chi connectivity index (χ4v) is 4.77. The highest BCUT2D eigenvalue weighted by Crippen LogP contribution is 2.45. The molecule has 0 atom stereocenters. The van der Waals surface area contributed by atoms with Crippen molar-refractivity contribution in [3.05, 3.63) is 56.5 Å². The van der Waals surface area contributed by atoms with Gasteiger partial charge in [0.15, 0.2) is 11.5 Å². The van der Waals surface area contributed by atoms with Crippen molar-refractivity contribution in [2.45, 2.75) is 38.7 Å². The molecule has 2 aromatic rings. The zero-order chi connectivity index (χ0) is 22.3. The maximum atomic E-state index is 13.2. The van der Waals surface area contributed by atoms with Crippen LogP contribution in [0.3, 0.4) is 0 Å². The minimum Gasteiger partial charge on any atom is -0.493 e. The third-order valence-corrected chi connectivity index (χ3v) is 6.91. The first-order chi connectivity index (χ1) is 14.8. The first-order valence-corrected chi connectivity index (χ1v) is 10.7. The predicted molar refractivity (Wildman–Crippen MR) is 117 cm³/mol. The van der Waals surface area contributed by atoms with Crippen molar-refractivity contribution in [2.75, 3.05) is 33.9 Å². The average Bonchev–Trinajstić information content (AvgIpc) is 2.79. The second kappa shape index (κ2) is 8.04. The Morgan fingerprint density at radius 1 is 1.06 bits per heavy atom. The number of rotatable bonds is 3. The summed E-state index contributed by atoms with van der Waals surface area (Å²) in [7, 11) is 4.98. The van der Waals surface area contributed by atoms with Gasteiger partial charge in [0.05, 0.1) is 26.4 Å². The van der Waals surface area contributed by atoms with E-state index in [1.807, 2.05) is 26.0 Å². The molecule has 1 spiro atoms. The molecule has 0 bridgehead atoms. The Bertz CT molecular complexity index is 1080. The summed E-state index contributed by atoms with van der Waals surface area (Å²) in [6.45, 7) is 5.50. The molecule has 0 radical (unpaired) electrons. The first-order valence-electron chi connectivity index (χ1n) is 10.7.